The van der Waals surface area contributed by atoms with Gasteiger partial charge in [0.05, 0.1) is 11.1 Å². The van der Waals surface area contributed by atoms with Crippen molar-refractivity contribution < 1.29 is 9.94 Å². The highest BCUT2D eigenvalue weighted by Gasteiger charge is 2.47. The third-order valence-corrected chi connectivity index (χ3v) is 3.93. The molecule has 15 heavy (non-hydrogen) atoms. The van der Waals surface area contributed by atoms with Crippen LogP contribution in [-0.4, -0.2) is 39.0 Å². The van der Waals surface area contributed by atoms with Crippen LogP contribution in [0.3, 0.4) is 0 Å². The zero-order valence-electron chi connectivity index (χ0n) is 9.78. The highest BCUT2D eigenvalue weighted by molar-refractivity contribution is 8.06. The molecule has 0 radical (unpaired) electrons. The Kier molecular flexibility index (Phi) is 2.56. The van der Waals surface area contributed by atoms with E-state index in [0.29, 0.717) is 5.25 Å². The van der Waals surface area contributed by atoms with E-state index in [4.69, 9.17) is 4.74 Å². The standard InChI is InChI=1S/C11H19NO2S/c1-10(2)5-9(11(3,4)12(10)13)14-6-8-7-15-8/h5,8,13H,6-7H2,1-4H3. The maximum absolute atomic E-state index is 10.0. The number of nitrogens with zero attached hydrogens (tertiary/aromatic N) is 1. The van der Waals surface area contributed by atoms with Gasteiger partial charge in [-0.25, -0.2) is 0 Å². The van der Waals surface area contributed by atoms with E-state index in [2.05, 4.69) is 0 Å². The number of hydrogen-bond acceptors (Lipinski definition) is 4. The minimum Gasteiger partial charge on any atom is -0.495 e. The van der Waals surface area contributed by atoms with Crippen LogP contribution in [0.25, 0.3) is 0 Å². The van der Waals surface area contributed by atoms with Crippen molar-refractivity contribution in [1.82, 2.24) is 5.06 Å². The van der Waals surface area contributed by atoms with Crippen LogP contribution in [0.1, 0.15) is 27.7 Å². The van der Waals surface area contributed by atoms with Crippen LogP contribution in [0.5, 0.6) is 0 Å². The smallest absolute Gasteiger partial charge is 0.116 e. The molecule has 4 heteroatoms. The molecule has 2 rings (SSSR count). The first-order chi connectivity index (χ1) is 6.84. The summed E-state index contributed by atoms with van der Waals surface area (Å²) >= 11 is 1.92. The van der Waals surface area contributed by atoms with Gasteiger partial charge in [-0.3, -0.25) is 0 Å². The van der Waals surface area contributed by atoms with Crippen molar-refractivity contribution in [2.45, 2.75) is 44.0 Å². The van der Waals surface area contributed by atoms with Crippen LogP contribution >= 0.6 is 11.8 Å². The van der Waals surface area contributed by atoms with Gasteiger partial charge in [0.2, 0.25) is 0 Å². The van der Waals surface area contributed by atoms with Crippen LogP contribution in [-0.2, 0) is 4.74 Å². The maximum Gasteiger partial charge on any atom is 0.116 e. The minimum absolute atomic E-state index is 0.338. The van der Waals surface area contributed by atoms with Gasteiger partial charge in [-0.15, -0.1) is 0 Å². The van der Waals surface area contributed by atoms with Gasteiger partial charge in [0.25, 0.3) is 0 Å². The van der Waals surface area contributed by atoms with Gasteiger partial charge in [0.15, 0.2) is 0 Å². The quantitative estimate of drug-likeness (QED) is 0.753. The van der Waals surface area contributed by atoms with Gasteiger partial charge in [-0.05, 0) is 33.8 Å². The number of thioether (sulfide) groups is 1. The molecule has 0 spiro atoms. The summed E-state index contributed by atoms with van der Waals surface area (Å²) < 4.78 is 5.79. The predicted molar refractivity (Wildman–Crippen MR) is 62.1 cm³/mol. The number of rotatable bonds is 3. The number of hydrogen-bond donors (Lipinski definition) is 1. The number of hydroxylamine groups is 2. The summed E-state index contributed by atoms with van der Waals surface area (Å²) in [6.07, 6.45) is 2.01. The zero-order valence-corrected chi connectivity index (χ0v) is 10.6. The monoisotopic (exact) mass is 229 g/mol. The van der Waals surface area contributed by atoms with Gasteiger partial charge >= 0.3 is 0 Å². The topological polar surface area (TPSA) is 32.7 Å². The molecule has 0 aromatic heterocycles. The van der Waals surface area contributed by atoms with Crippen molar-refractivity contribution >= 4 is 11.8 Å². The Hall–Kier alpha value is -0.190. The Balaban J connectivity index is 2.07. The van der Waals surface area contributed by atoms with Gasteiger partial charge in [0.1, 0.15) is 12.4 Å². The van der Waals surface area contributed by atoms with E-state index in [0.717, 1.165) is 12.4 Å². The number of ether oxygens (including phenoxy) is 1. The van der Waals surface area contributed by atoms with Crippen LogP contribution in [0.2, 0.25) is 0 Å². The molecule has 3 nitrogen and oxygen atoms in total. The van der Waals surface area contributed by atoms with E-state index in [1.165, 1.54) is 10.8 Å². The normalized spacial score (nSPS) is 32.6. The summed E-state index contributed by atoms with van der Waals surface area (Å²) in [5, 5.41) is 12.1. The molecule has 0 amide bonds. The lowest BCUT2D eigenvalue weighted by Gasteiger charge is -2.35. The third kappa shape index (κ3) is 2.03. The first kappa shape index (κ1) is 11.3. The van der Waals surface area contributed by atoms with Gasteiger partial charge in [0, 0.05) is 11.0 Å². The van der Waals surface area contributed by atoms with Crippen molar-refractivity contribution in [3.05, 3.63) is 11.8 Å². The molecule has 2 heterocycles. The van der Waals surface area contributed by atoms with Crippen molar-refractivity contribution in [2.24, 2.45) is 0 Å². The second-order valence-corrected chi connectivity index (χ2v) is 6.63. The van der Waals surface area contributed by atoms with Crippen LogP contribution in [0.4, 0.5) is 0 Å². The van der Waals surface area contributed by atoms with E-state index in [1.54, 1.807) is 0 Å². The molecule has 1 atom stereocenters. The molecular weight excluding hydrogens is 210 g/mol. The largest absolute Gasteiger partial charge is 0.495 e. The van der Waals surface area contributed by atoms with Crippen molar-refractivity contribution in [2.75, 3.05) is 12.4 Å². The molecule has 2 aliphatic rings. The summed E-state index contributed by atoms with van der Waals surface area (Å²) in [4.78, 5) is 0. The molecule has 1 fully saturated rings. The fourth-order valence-corrected chi connectivity index (χ4v) is 2.35. The summed E-state index contributed by atoms with van der Waals surface area (Å²) in [6.45, 7) is 8.69. The Bertz CT molecular complexity index is 295. The van der Waals surface area contributed by atoms with Crippen LogP contribution in [0.15, 0.2) is 11.8 Å². The lowest BCUT2D eigenvalue weighted by molar-refractivity contribution is -0.191. The summed E-state index contributed by atoms with van der Waals surface area (Å²) in [5.74, 6) is 2.10. The van der Waals surface area contributed by atoms with E-state index < -0.39 is 5.54 Å². The zero-order chi connectivity index (χ0) is 11.3. The average molecular weight is 229 g/mol. The first-order valence-corrected chi connectivity index (χ1v) is 6.36. The molecule has 0 aliphatic carbocycles. The third-order valence-electron chi connectivity index (χ3n) is 2.99. The van der Waals surface area contributed by atoms with E-state index in [1.807, 2.05) is 45.5 Å². The lowest BCUT2D eigenvalue weighted by atomic mass is 10.1. The summed E-state index contributed by atoms with van der Waals surface area (Å²) in [5.41, 5.74) is -0.751. The first-order valence-electron chi connectivity index (χ1n) is 5.31. The van der Waals surface area contributed by atoms with Crippen LogP contribution in [0, 0.1) is 0 Å². The Labute approximate surface area is 95.4 Å². The molecule has 0 aromatic carbocycles. The maximum atomic E-state index is 10.0. The summed E-state index contributed by atoms with van der Waals surface area (Å²) in [7, 11) is 0. The lowest BCUT2D eigenvalue weighted by Crippen LogP contribution is -2.48. The van der Waals surface area contributed by atoms with Crippen molar-refractivity contribution in [1.29, 1.82) is 0 Å². The van der Waals surface area contributed by atoms with Gasteiger partial charge in [-0.1, -0.05) is 0 Å². The Morgan fingerprint density at radius 2 is 2.13 bits per heavy atom. The van der Waals surface area contributed by atoms with Gasteiger partial charge < -0.3 is 9.94 Å². The van der Waals surface area contributed by atoms with Crippen LogP contribution < -0.4 is 0 Å². The molecule has 1 unspecified atom stereocenters. The fourth-order valence-electron chi connectivity index (χ4n) is 1.95. The van der Waals surface area contributed by atoms with E-state index in [-0.39, 0.29) is 5.54 Å². The molecular formula is C11H19NO2S. The molecule has 86 valence electrons. The molecule has 0 bridgehead atoms. The van der Waals surface area contributed by atoms with E-state index >= 15 is 0 Å². The highest BCUT2D eigenvalue weighted by Crippen LogP contribution is 2.40. The minimum atomic E-state index is -0.414. The second kappa shape index (κ2) is 3.40. The molecule has 1 N–H and O–H groups in total. The molecule has 0 aromatic rings. The highest BCUT2D eigenvalue weighted by atomic mass is 32.2. The molecule has 2 aliphatic heterocycles. The Morgan fingerprint density at radius 1 is 1.53 bits per heavy atom. The Morgan fingerprint density at radius 3 is 2.53 bits per heavy atom. The summed E-state index contributed by atoms with van der Waals surface area (Å²) in [6, 6.07) is 0. The van der Waals surface area contributed by atoms with Crippen molar-refractivity contribution in [3.8, 4) is 0 Å². The predicted octanol–water partition coefficient (Wildman–Crippen LogP) is 2.26. The fraction of sp³-hybridized carbons (Fsp3) is 0.818. The molecule has 0 saturated carbocycles. The van der Waals surface area contributed by atoms with Gasteiger partial charge in [-0.2, -0.15) is 16.8 Å². The second-order valence-electron chi connectivity index (χ2n) is 5.30. The average Bonchev–Trinajstić information content (AvgIpc) is 2.91. The molecule has 1 saturated heterocycles. The van der Waals surface area contributed by atoms with Crippen molar-refractivity contribution in [3.63, 3.8) is 0 Å². The van der Waals surface area contributed by atoms with E-state index in [9.17, 15) is 5.21 Å². The SMILES string of the molecule is CC1(C)C=C(OCC2CS2)C(C)(C)N1O.